The number of allylic oxidation sites excluding steroid dienone is 3. The largest absolute Gasteiger partial charge is 0.407 e. The van der Waals surface area contributed by atoms with Crippen LogP contribution in [-0.2, 0) is 12.3 Å². The van der Waals surface area contributed by atoms with Crippen LogP contribution in [0, 0.1) is 0 Å². The lowest BCUT2D eigenvalue weighted by Gasteiger charge is -2.33. The molecule has 3 radical (unpaired) electrons. The van der Waals surface area contributed by atoms with Gasteiger partial charge in [0.2, 0.25) is 0 Å². The highest BCUT2D eigenvalue weighted by atomic mass is 28.5. The molecule has 3 nitrogen and oxygen atoms in total. The zero-order valence-electron chi connectivity index (χ0n) is 11.5. The minimum Gasteiger partial charge on any atom is -0.407 e. The molecule has 1 rings (SSSR count). The van der Waals surface area contributed by atoms with Crippen molar-refractivity contribution < 1.29 is 12.3 Å². The molecule has 0 unspecified atom stereocenters. The predicted molar refractivity (Wildman–Crippen MR) is 78.8 cm³/mol. The van der Waals surface area contributed by atoms with E-state index in [4.69, 9.17) is 12.3 Å². The van der Waals surface area contributed by atoms with Crippen molar-refractivity contribution >= 4 is 27.9 Å². The van der Waals surface area contributed by atoms with E-state index in [-0.39, 0.29) is 0 Å². The quantitative estimate of drug-likeness (QED) is 0.705. The van der Waals surface area contributed by atoms with E-state index in [1.165, 1.54) is 0 Å². The minimum atomic E-state index is -1.43. The van der Waals surface area contributed by atoms with E-state index in [0.29, 0.717) is 0 Å². The van der Waals surface area contributed by atoms with Gasteiger partial charge in [-0.3, -0.25) is 0 Å². The molecule has 0 bridgehead atoms. The van der Waals surface area contributed by atoms with Crippen LogP contribution in [0.15, 0.2) is 35.3 Å². The molecule has 0 spiro atoms. The fourth-order valence-electron chi connectivity index (χ4n) is 1.18. The Balaban J connectivity index is 2.81. The Hall–Kier alpha value is -0.249. The van der Waals surface area contributed by atoms with Gasteiger partial charge in [-0.1, -0.05) is 40.5 Å². The summed E-state index contributed by atoms with van der Waals surface area (Å²) in [5, 5.41) is 3.17. The molecule has 99 valence electrons. The lowest BCUT2D eigenvalue weighted by atomic mass is 10.5. The molecular formula is C12H21O3Si3. The summed E-state index contributed by atoms with van der Waals surface area (Å²) in [6.45, 7) is 18.4. The summed E-state index contributed by atoms with van der Waals surface area (Å²) in [6.07, 6.45) is 2.65. The second-order valence-electron chi connectivity index (χ2n) is 4.04. The molecule has 0 N–H and O–H groups in total. The zero-order chi connectivity index (χ0) is 13.7. The molecular weight excluding hydrogens is 276 g/mol. The van der Waals surface area contributed by atoms with Crippen molar-refractivity contribution in [3.8, 4) is 0 Å². The van der Waals surface area contributed by atoms with E-state index in [2.05, 4.69) is 40.5 Å². The summed E-state index contributed by atoms with van der Waals surface area (Å²) in [4.78, 5) is 0. The standard InChI is InChI=1S/C12H21O3Si3/c1-7-10(4)16-13-17(11(5)8-2)15-18(14-16)12(6)9-3/h4-9H2,1-3H3. The van der Waals surface area contributed by atoms with Crippen molar-refractivity contribution in [2.45, 2.75) is 40.0 Å². The van der Waals surface area contributed by atoms with Gasteiger partial charge in [-0.05, 0) is 34.9 Å². The Kier molecular flexibility index (Phi) is 6.47. The first-order valence-electron chi connectivity index (χ1n) is 6.22. The van der Waals surface area contributed by atoms with E-state index < -0.39 is 27.9 Å². The summed E-state index contributed by atoms with van der Waals surface area (Å²) in [5.74, 6) is 0. The molecule has 1 saturated heterocycles. The molecule has 1 aliphatic rings. The third-order valence-electron chi connectivity index (χ3n) is 2.70. The lowest BCUT2D eigenvalue weighted by molar-refractivity contribution is 0.296. The maximum atomic E-state index is 5.96. The van der Waals surface area contributed by atoms with Gasteiger partial charge in [-0.15, -0.1) is 0 Å². The minimum absolute atomic E-state index is 0.885. The van der Waals surface area contributed by atoms with Crippen LogP contribution in [0.25, 0.3) is 0 Å². The number of hydrogen-bond acceptors (Lipinski definition) is 3. The first-order valence-corrected chi connectivity index (χ1v) is 10.2. The fraction of sp³-hybridized carbons (Fsp3) is 0.500. The monoisotopic (exact) mass is 297 g/mol. The Bertz CT molecular complexity index is 285. The van der Waals surface area contributed by atoms with Crippen molar-refractivity contribution in [3.63, 3.8) is 0 Å². The summed E-state index contributed by atoms with van der Waals surface area (Å²) < 4.78 is 17.9. The second kappa shape index (κ2) is 7.37. The average molecular weight is 298 g/mol. The molecule has 0 amide bonds. The summed E-state index contributed by atoms with van der Waals surface area (Å²) in [7, 11) is -4.30. The number of hydrogen-bond donors (Lipinski definition) is 0. The van der Waals surface area contributed by atoms with Crippen LogP contribution < -0.4 is 0 Å². The normalized spacial score (nSPS) is 18.8. The number of rotatable bonds is 6. The molecule has 1 fully saturated rings. The smallest absolute Gasteiger partial charge is 0.399 e. The van der Waals surface area contributed by atoms with E-state index >= 15 is 0 Å². The highest BCUT2D eigenvalue weighted by Crippen LogP contribution is 2.23. The van der Waals surface area contributed by atoms with Gasteiger partial charge in [0.05, 0.1) is 0 Å². The van der Waals surface area contributed by atoms with Crippen LogP contribution in [-0.4, -0.2) is 27.9 Å². The molecule has 0 aromatic heterocycles. The van der Waals surface area contributed by atoms with Gasteiger partial charge in [-0.25, -0.2) is 0 Å². The maximum absolute atomic E-state index is 5.96. The van der Waals surface area contributed by atoms with Crippen molar-refractivity contribution in [3.05, 3.63) is 35.3 Å². The van der Waals surface area contributed by atoms with Crippen molar-refractivity contribution in [2.24, 2.45) is 0 Å². The zero-order valence-corrected chi connectivity index (χ0v) is 14.5. The molecule has 18 heavy (non-hydrogen) atoms. The van der Waals surface area contributed by atoms with Crippen molar-refractivity contribution in [1.29, 1.82) is 0 Å². The summed E-state index contributed by atoms with van der Waals surface area (Å²) in [6, 6.07) is 0. The molecule has 0 aliphatic carbocycles. The Morgan fingerprint density at radius 1 is 0.667 bits per heavy atom. The van der Waals surface area contributed by atoms with E-state index in [1.54, 1.807) is 0 Å². The fourth-order valence-corrected chi connectivity index (χ4v) is 9.16. The van der Waals surface area contributed by atoms with E-state index in [9.17, 15) is 0 Å². The molecule has 1 aliphatic heterocycles. The summed E-state index contributed by atoms with van der Waals surface area (Å²) >= 11 is 0. The first-order chi connectivity index (χ1) is 8.53. The topological polar surface area (TPSA) is 27.7 Å². The van der Waals surface area contributed by atoms with E-state index in [1.807, 2.05) is 0 Å². The molecule has 0 saturated carbocycles. The van der Waals surface area contributed by atoms with Crippen LogP contribution in [0.4, 0.5) is 0 Å². The third-order valence-corrected chi connectivity index (χ3v) is 9.94. The van der Waals surface area contributed by atoms with Gasteiger partial charge in [0, 0.05) is 0 Å². The van der Waals surface area contributed by atoms with Crippen LogP contribution in [0.3, 0.4) is 0 Å². The molecule has 0 aromatic rings. The highest BCUT2D eigenvalue weighted by Gasteiger charge is 2.41. The van der Waals surface area contributed by atoms with Gasteiger partial charge >= 0.3 is 27.9 Å². The van der Waals surface area contributed by atoms with Gasteiger partial charge < -0.3 is 12.3 Å². The van der Waals surface area contributed by atoms with Crippen LogP contribution in [0.5, 0.6) is 0 Å². The van der Waals surface area contributed by atoms with Gasteiger partial charge in [0.15, 0.2) is 0 Å². The Morgan fingerprint density at radius 2 is 0.889 bits per heavy atom. The van der Waals surface area contributed by atoms with Gasteiger partial charge in [-0.2, -0.15) is 0 Å². The van der Waals surface area contributed by atoms with Gasteiger partial charge in [0.25, 0.3) is 0 Å². The highest BCUT2D eigenvalue weighted by molar-refractivity contribution is 6.81. The summed E-state index contributed by atoms with van der Waals surface area (Å²) in [5.41, 5.74) is 0. The SMILES string of the molecule is C=C(CC)[Si]1O[Si](C(=C)CC)O[Si](C(=C)CC)O1. The maximum Gasteiger partial charge on any atom is 0.399 e. The lowest BCUT2D eigenvalue weighted by Crippen LogP contribution is -2.51. The predicted octanol–water partition coefficient (Wildman–Crippen LogP) is 3.03. The third kappa shape index (κ3) is 3.87. The van der Waals surface area contributed by atoms with E-state index in [0.717, 1.165) is 34.9 Å². The van der Waals surface area contributed by atoms with Crippen LogP contribution >= 0.6 is 0 Å². The molecule has 1 heterocycles. The molecule has 0 aromatic carbocycles. The van der Waals surface area contributed by atoms with Crippen LogP contribution in [0.1, 0.15) is 40.0 Å². The van der Waals surface area contributed by atoms with Gasteiger partial charge in [0.1, 0.15) is 0 Å². The second-order valence-corrected chi connectivity index (χ2v) is 10.3. The average Bonchev–Trinajstić information content (AvgIpc) is 2.43. The van der Waals surface area contributed by atoms with Crippen molar-refractivity contribution in [1.82, 2.24) is 0 Å². The Morgan fingerprint density at radius 3 is 1.06 bits per heavy atom. The first kappa shape index (κ1) is 15.8. The molecule has 6 heteroatoms. The van der Waals surface area contributed by atoms with Crippen LogP contribution in [0.2, 0.25) is 0 Å². The van der Waals surface area contributed by atoms with Crippen molar-refractivity contribution in [2.75, 3.05) is 0 Å². The molecule has 0 atom stereocenters. The Labute approximate surface area is 116 Å².